The fourth-order valence-corrected chi connectivity index (χ4v) is 2.76. The van der Waals surface area contributed by atoms with Crippen LogP contribution in [-0.2, 0) is 4.79 Å². The maximum Gasteiger partial charge on any atom is 0.169 e. The lowest BCUT2D eigenvalue weighted by Gasteiger charge is -2.09. The van der Waals surface area contributed by atoms with Crippen LogP contribution in [0.5, 0.6) is 0 Å². The molecule has 1 aliphatic rings. The SMILES string of the molecule is O=C1CCCCC/C=C\1Sc1ccccc1. The van der Waals surface area contributed by atoms with E-state index in [1.165, 1.54) is 12.8 Å². The van der Waals surface area contributed by atoms with E-state index in [0.717, 1.165) is 22.6 Å². The van der Waals surface area contributed by atoms with Gasteiger partial charge in [0, 0.05) is 11.3 Å². The van der Waals surface area contributed by atoms with Crippen LogP contribution in [0.15, 0.2) is 46.2 Å². The number of rotatable bonds is 2. The normalized spacial score (nSPS) is 20.8. The molecule has 0 atom stereocenters. The molecule has 2 heteroatoms. The molecule has 2 rings (SSSR count). The quantitative estimate of drug-likeness (QED) is 0.760. The fraction of sp³-hybridized carbons (Fsp3) is 0.357. The first-order valence-corrected chi connectivity index (χ1v) is 6.64. The first-order chi connectivity index (χ1) is 7.86. The summed E-state index contributed by atoms with van der Waals surface area (Å²) in [5, 5.41) is 0. The zero-order valence-corrected chi connectivity index (χ0v) is 10.1. The number of carbonyl (C=O) groups is 1. The third-order valence-electron chi connectivity index (χ3n) is 2.68. The van der Waals surface area contributed by atoms with Crippen LogP contribution >= 0.6 is 11.8 Å². The molecule has 1 nitrogen and oxygen atoms in total. The van der Waals surface area contributed by atoms with Crippen molar-refractivity contribution in [3.63, 3.8) is 0 Å². The van der Waals surface area contributed by atoms with E-state index in [1.807, 2.05) is 18.2 Å². The molecule has 84 valence electrons. The number of ketones is 1. The van der Waals surface area contributed by atoms with Crippen LogP contribution in [0.25, 0.3) is 0 Å². The van der Waals surface area contributed by atoms with Gasteiger partial charge >= 0.3 is 0 Å². The van der Waals surface area contributed by atoms with E-state index >= 15 is 0 Å². The minimum absolute atomic E-state index is 0.313. The summed E-state index contributed by atoms with van der Waals surface area (Å²) >= 11 is 1.61. The Labute approximate surface area is 101 Å². The molecule has 0 amide bonds. The Balaban J connectivity index is 2.09. The molecule has 16 heavy (non-hydrogen) atoms. The highest BCUT2D eigenvalue weighted by Gasteiger charge is 2.12. The summed E-state index contributed by atoms with van der Waals surface area (Å²) in [5.41, 5.74) is 0. The average Bonchev–Trinajstić information content (AvgIpc) is 2.30. The van der Waals surface area contributed by atoms with Gasteiger partial charge in [0.25, 0.3) is 0 Å². The molecule has 1 aromatic carbocycles. The zero-order chi connectivity index (χ0) is 11.2. The molecule has 0 spiro atoms. The second kappa shape index (κ2) is 5.90. The monoisotopic (exact) mass is 232 g/mol. The van der Waals surface area contributed by atoms with E-state index < -0.39 is 0 Å². The lowest BCUT2D eigenvalue weighted by molar-refractivity contribution is -0.115. The summed E-state index contributed by atoms with van der Waals surface area (Å²) < 4.78 is 0. The molecule has 0 aliphatic heterocycles. The van der Waals surface area contributed by atoms with Gasteiger partial charge in [-0.05, 0) is 31.4 Å². The first kappa shape index (κ1) is 11.5. The minimum Gasteiger partial charge on any atom is -0.294 e. The third-order valence-corrected chi connectivity index (χ3v) is 3.81. The Morgan fingerprint density at radius 2 is 1.81 bits per heavy atom. The molecular weight excluding hydrogens is 216 g/mol. The topological polar surface area (TPSA) is 17.1 Å². The number of benzene rings is 1. The van der Waals surface area contributed by atoms with E-state index in [-0.39, 0.29) is 0 Å². The van der Waals surface area contributed by atoms with Gasteiger partial charge in [-0.25, -0.2) is 0 Å². The average molecular weight is 232 g/mol. The number of Topliss-reactive ketones (excluding diaryl/α,β-unsaturated/α-hetero) is 1. The Kier molecular flexibility index (Phi) is 4.23. The summed E-state index contributed by atoms with van der Waals surface area (Å²) in [7, 11) is 0. The first-order valence-electron chi connectivity index (χ1n) is 5.82. The van der Waals surface area contributed by atoms with E-state index in [2.05, 4.69) is 18.2 Å². The number of thioether (sulfide) groups is 1. The van der Waals surface area contributed by atoms with Gasteiger partial charge in [-0.1, -0.05) is 42.5 Å². The van der Waals surface area contributed by atoms with Crippen molar-refractivity contribution in [3.05, 3.63) is 41.3 Å². The van der Waals surface area contributed by atoms with Crippen LogP contribution in [0.3, 0.4) is 0 Å². The Morgan fingerprint density at radius 1 is 1.00 bits per heavy atom. The standard InChI is InChI=1S/C14H16OS/c15-13-10-6-1-2-7-11-14(13)16-12-8-4-3-5-9-12/h3-5,8-9,11H,1-2,6-7,10H2/b14-11+. The summed E-state index contributed by atoms with van der Waals surface area (Å²) in [4.78, 5) is 14.0. The molecule has 0 unspecified atom stereocenters. The van der Waals surface area contributed by atoms with Crippen LogP contribution in [-0.4, -0.2) is 5.78 Å². The largest absolute Gasteiger partial charge is 0.294 e. The van der Waals surface area contributed by atoms with Gasteiger partial charge in [0.2, 0.25) is 0 Å². The van der Waals surface area contributed by atoms with Crippen LogP contribution in [0, 0.1) is 0 Å². The predicted octanol–water partition coefficient (Wildman–Crippen LogP) is 4.20. The minimum atomic E-state index is 0.313. The summed E-state index contributed by atoms with van der Waals surface area (Å²) in [5.74, 6) is 0.313. The van der Waals surface area contributed by atoms with E-state index in [9.17, 15) is 4.79 Å². The van der Waals surface area contributed by atoms with Gasteiger partial charge in [-0.15, -0.1) is 0 Å². The van der Waals surface area contributed by atoms with Crippen molar-refractivity contribution < 1.29 is 4.79 Å². The molecule has 0 N–H and O–H groups in total. The summed E-state index contributed by atoms with van der Waals surface area (Å²) in [6.45, 7) is 0. The summed E-state index contributed by atoms with van der Waals surface area (Å²) in [6.07, 6.45) is 7.31. The van der Waals surface area contributed by atoms with E-state index in [0.29, 0.717) is 12.2 Å². The molecule has 0 radical (unpaired) electrons. The highest BCUT2D eigenvalue weighted by molar-refractivity contribution is 8.04. The van der Waals surface area contributed by atoms with Crippen LogP contribution in [0.1, 0.15) is 32.1 Å². The van der Waals surface area contributed by atoms with Crippen molar-refractivity contribution >= 4 is 17.5 Å². The fourth-order valence-electron chi connectivity index (χ4n) is 1.79. The van der Waals surface area contributed by atoms with Crippen molar-refractivity contribution in [3.8, 4) is 0 Å². The highest BCUT2D eigenvalue weighted by Crippen LogP contribution is 2.30. The maximum atomic E-state index is 11.9. The van der Waals surface area contributed by atoms with E-state index in [4.69, 9.17) is 0 Å². The van der Waals surface area contributed by atoms with Crippen molar-refractivity contribution in [2.75, 3.05) is 0 Å². The van der Waals surface area contributed by atoms with Gasteiger partial charge in [-0.2, -0.15) is 0 Å². The molecule has 0 bridgehead atoms. The Morgan fingerprint density at radius 3 is 2.62 bits per heavy atom. The molecular formula is C14H16OS. The Bertz CT molecular complexity index is 381. The number of carbonyl (C=O) groups excluding carboxylic acids is 1. The number of hydrogen-bond acceptors (Lipinski definition) is 2. The Hall–Kier alpha value is -1.02. The molecule has 0 saturated heterocycles. The molecule has 0 saturated carbocycles. The molecule has 0 heterocycles. The van der Waals surface area contributed by atoms with Crippen LogP contribution < -0.4 is 0 Å². The van der Waals surface area contributed by atoms with Gasteiger partial charge < -0.3 is 0 Å². The van der Waals surface area contributed by atoms with E-state index in [1.54, 1.807) is 11.8 Å². The van der Waals surface area contributed by atoms with Gasteiger partial charge in [0.05, 0.1) is 4.91 Å². The predicted molar refractivity (Wildman–Crippen MR) is 68.5 cm³/mol. The molecule has 1 aromatic rings. The lowest BCUT2D eigenvalue weighted by Crippen LogP contribution is -2.02. The van der Waals surface area contributed by atoms with Gasteiger partial charge in [0.1, 0.15) is 0 Å². The number of hydrogen-bond donors (Lipinski definition) is 0. The smallest absolute Gasteiger partial charge is 0.169 e. The van der Waals surface area contributed by atoms with Crippen molar-refractivity contribution in [1.82, 2.24) is 0 Å². The second-order valence-corrected chi connectivity index (χ2v) is 5.12. The molecule has 0 fully saturated rings. The maximum absolute atomic E-state index is 11.9. The van der Waals surface area contributed by atoms with Crippen LogP contribution in [0.4, 0.5) is 0 Å². The second-order valence-electron chi connectivity index (χ2n) is 4.01. The summed E-state index contributed by atoms with van der Waals surface area (Å²) in [6, 6.07) is 10.1. The highest BCUT2D eigenvalue weighted by atomic mass is 32.2. The lowest BCUT2D eigenvalue weighted by atomic mass is 10.1. The third kappa shape index (κ3) is 3.24. The van der Waals surface area contributed by atoms with Crippen molar-refractivity contribution in [2.45, 2.75) is 37.0 Å². The van der Waals surface area contributed by atoms with Gasteiger partial charge in [0.15, 0.2) is 5.78 Å². The van der Waals surface area contributed by atoms with Crippen molar-refractivity contribution in [1.29, 1.82) is 0 Å². The molecule has 1 aliphatic carbocycles. The molecule has 0 aromatic heterocycles. The van der Waals surface area contributed by atoms with Crippen molar-refractivity contribution in [2.24, 2.45) is 0 Å². The van der Waals surface area contributed by atoms with Crippen LogP contribution in [0.2, 0.25) is 0 Å². The zero-order valence-electron chi connectivity index (χ0n) is 9.32. The number of allylic oxidation sites excluding steroid dienone is 2. The van der Waals surface area contributed by atoms with Gasteiger partial charge in [-0.3, -0.25) is 4.79 Å².